The van der Waals surface area contributed by atoms with Gasteiger partial charge in [0.2, 0.25) is 5.60 Å². The van der Waals surface area contributed by atoms with E-state index in [2.05, 4.69) is 15.9 Å². The Morgan fingerprint density at radius 3 is 2.82 bits per heavy atom. The minimum absolute atomic E-state index is 0.0801. The molecule has 3 N–H and O–H groups in total. The van der Waals surface area contributed by atoms with Crippen LogP contribution in [0.2, 0.25) is 0 Å². The maximum absolute atomic E-state index is 13.6. The summed E-state index contributed by atoms with van der Waals surface area (Å²) in [5, 5.41) is 10.1. The average Bonchev–Trinajstić information content (AvgIpc) is 2.31. The van der Waals surface area contributed by atoms with E-state index in [1.54, 1.807) is 6.92 Å². The summed E-state index contributed by atoms with van der Waals surface area (Å²) in [7, 11) is 0. The fraction of sp³-hybridized carbons (Fsp3) is 0.364. The van der Waals surface area contributed by atoms with E-state index in [1.165, 1.54) is 12.1 Å². The molecule has 1 unspecified atom stereocenters. The molecular formula is C11H13BrFNO3. The lowest BCUT2D eigenvalue weighted by molar-refractivity contribution is -0.165. The summed E-state index contributed by atoms with van der Waals surface area (Å²) in [6.45, 7) is 1.21. The van der Waals surface area contributed by atoms with Crippen LogP contribution in [0.3, 0.4) is 0 Å². The van der Waals surface area contributed by atoms with E-state index >= 15 is 0 Å². The first-order valence-corrected chi connectivity index (χ1v) is 5.80. The van der Waals surface area contributed by atoms with Crippen LogP contribution in [0.15, 0.2) is 22.7 Å². The molecule has 17 heavy (non-hydrogen) atoms. The van der Waals surface area contributed by atoms with Gasteiger partial charge in [-0.3, -0.25) is 0 Å². The van der Waals surface area contributed by atoms with Crippen molar-refractivity contribution < 1.29 is 19.0 Å². The van der Waals surface area contributed by atoms with Gasteiger partial charge in [-0.2, -0.15) is 0 Å². The second-order valence-electron chi connectivity index (χ2n) is 3.41. The van der Waals surface area contributed by atoms with Crippen molar-refractivity contribution in [3.8, 4) is 0 Å². The SMILES string of the molecule is CCOC(=O)C(O)(CN)c1cc(Br)ccc1F. The van der Waals surface area contributed by atoms with Crippen molar-refractivity contribution in [2.24, 2.45) is 5.73 Å². The summed E-state index contributed by atoms with van der Waals surface area (Å²) in [5.74, 6) is -1.67. The molecule has 0 spiro atoms. The van der Waals surface area contributed by atoms with Gasteiger partial charge in [0.15, 0.2) is 0 Å². The Morgan fingerprint density at radius 2 is 2.29 bits per heavy atom. The van der Waals surface area contributed by atoms with Crippen molar-refractivity contribution in [1.29, 1.82) is 0 Å². The zero-order valence-electron chi connectivity index (χ0n) is 9.24. The Bertz CT molecular complexity index is 427. The molecule has 1 aromatic rings. The van der Waals surface area contributed by atoms with E-state index in [4.69, 9.17) is 10.5 Å². The Kier molecular flexibility index (Phi) is 4.62. The van der Waals surface area contributed by atoms with Crippen LogP contribution in [0.5, 0.6) is 0 Å². The highest BCUT2D eigenvalue weighted by Crippen LogP contribution is 2.27. The summed E-state index contributed by atoms with van der Waals surface area (Å²) >= 11 is 3.14. The van der Waals surface area contributed by atoms with Crippen molar-refractivity contribution in [3.63, 3.8) is 0 Å². The maximum Gasteiger partial charge on any atom is 0.344 e. The summed E-state index contributed by atoms with van der Waals surface area (Å²) in [6, 6.07) is 3.90. The van der Waals surface area contributed by atoms with E-state index in [0.717, 1.165) is 6.07 Å². The number of halogens is 2. The first-order chi connectivity index (χ1) is 7.95. The third-order valence-electron chi connectivity index (χ3n) is 2.28. The predicted molar refractivity (Wildman–Crippen MR) is 63.7 cm³/mol. The van der Waals surface area contributed by atoms with Crippen LogP contribution >= 0.6 is 15.9 Å². The van der Waals surface area contributed by atoms with Crippen molar-refractivity contribution in [2.75, 3.05) is 13.2 Å². The number of ether oxygens (including phenoxy) is 1. The zero-order chi connectivity index (χ0) is 13.1. The molecule has 94 valence electrons. The number of esters is 1. The minimum atomic E-state index is -2.16. The van der Waals surface area contributed by atoms with Crippen LogP contribution < -0.4 is 5.73 Å². The lowest BCUT2D eigenvalue weighted by Gasteiger charge is -2.25. The van der Waals surface area contributed by atoms with Gasteiger partial charge in [0.1, 0.15) is 5.82 Å². The number of hydrogen-bond acceptors (Lipinski definition) is 4. The normalized spacial score (nSPS) is 14.2. The summed E-state index contributed by atoms with van der Waals surface area (Å²) < 4.78 is 18.8. The standard InChI is InChI=1S/C11H13BrFNO3/c1-2-17-10(15)11(16,6-14)8-5-7(12)3-4-9(8)13/h3-5,16H,2,6,14H2,1H3. The van der Waals surface area contributed by atoms with Gasteiger partial charge < -0.3 is 15.6 Å². The largest absolute Gasteiger partial charge is 0.464 e. The van der Waals surface area contributed by atoms with E-state index in [0.29, 0.717) is 4.47 Å². The molecule has 4 nitrogen and oxygen atoms in total. The third-order valence-corrected chi connectivity index (χ3v) is 2.78. The quantitative estimate of drug-likeness (QED) is 0.822. The van der Waals surface area contributed by atoms with E-state index in [-0.39, 0.29) is 12.2 Å². The Balaban J connectivity index is 3.24. The predicted octanol–water partition coefficient (Wildman–Crippen LogP) is 1.30. The molecule has 0 fully saturated rings. The molecule has 0 saturated carbocycles. The van der Waals surface area contributed by atoms with Gasteiger partial charge in [-0.05, 0) is 25.1 Å². The van der Waals surface area contributed by atoms with E-state index < -0.39 is 23.9 Å². The molecule has 0 aliphatic heterocycles. The summed E-state index contributed by atoms with van der Waals surface area (Å²) in [4.78, 5) is 11.6. The Hall–Kier alpha value is -0.980. The molecule has 0 heterocycles. The van der Waals surface area contributed by atoms with Crippen molar-refractivity contribution >= 4 is 21.9 Å². The molecule has 0 aliphatic rings. The van der Waals surface area contributed by atoms with Crippen molar-refractivity contribution in [2.45, 2.75) is 12.5 Å². The minimum Gasteiger partial charge on any atom is -0.464 e. The number of nitrogens with two attached hydrogens (primary N) is 1. The molecule has 0 saturated heterocycles. The number of benzene rings is 1. The molecule has 1 atom stereocenters. The molecule has 0 aliphatic carbocycles. The first-order valence-electron chi connectivity index (χ1n) is 5.01. The monoisotopic (exact) mass is 305 g/mol. The van der Waals surface area contributed by atoms with Gasteiger partial charge in [-0.15, -0.1) is 0 Å². The highest BCUT2D eigenvalue weighted by Gasteiger charge is 2.40. The number of rotatable bonds is 4. The highest BCUT2D eigenvalue weighted by molar-refractivity contribution is 9.10. The molecular weight excluding hydrogens is 293 g/mol. The molecule has 0 aromatic heterocycles. The lowest BCUT2D eigenvalue weighted by Crippen LogP contribution is -2.44. The van der Waals surface area contributed by atoms with Crippen LogP contribution in [-0.4, -0.2) is 24.2 Å². The van der Waals surface area contributed by atoms with Crippen LogP contribution in [0, 0.1) is 5.82 Å². The lowest BCUT2D eigenvalue weighted by atomic mass is 9.93. The number of hydrogen-bond donors (Lipinski definition) is 2. The number of aliphatic hydroxyl groups is 1. The first kappa shape index (κ1) is 14.1. The molecule has 1 rings (SSSR count). The van der Waals surface area contributed by atoms with E-state index in [9.17, 15) is 14.3 Å². The molecule has 1 aromatic carbocycles. The average molecular weight is 306 g/mol. The van der Waals surface area contributed by atoms with Gasteiger partial charge in [0.25, 0.3) is 0 Å². The third kappa shape index (κ3) is 2.83. The van der Waals surface area contributed by atoms with Gasteiger partial charge >= 0.3 is 5.97 Å². The van der Waals surface area contributed by atoms with Crippen LogP contribution in [-0.2, 0) is 15.1 Å². The molecule has 6 heteroatoms. The molecule has 0 radical (unpaired) electrons. The smallest absolute Gasteiger partial charge is 0.344 e. The van der Waals surface area contributed by atoms with Gasteiger partial charge in [0.05, 0.1) is 6.61 Å². The second kappa shape index (κ2) is 5.57. The van der Waals surface area contributed by atoms with Crippen LogP contribution in [0.25, 0.3) is 0 Å². The van der Waals surface area contributed by atoms with Gasteiger partial charge in [-0.1, -0.05) is 15.9 Å². The zero-order valence-corrected chi connectivity index (χ0v) is 10.8. The molecule has 0 amide bonds. The van der Waals surface area contributed by atoms with Crippen molar-refractivity contribution in [1.82, 2.24) is 0 Å². The fourth-order valence-electron chi connectivity index (χ4n) is 1.37. The van der Waals surface area contributed by atoms with Gasteiger partial charge in [0, 0.05) is 16.6 Å². The summed E-state index contributed by atoms with van der Waals surface area (Å²) in [6.07, 6.45) is 0. The fourth-order valence-corrected chi connectivity index (χ4v) is 1.73. The van der Waals surface area contributed by atoms with Crippen molar-refractivity contribution in [3.05, 3.63) is 34.1 Å². The topological polar surface area (TPSA) is 72.5 Å². The summed E-state index contributed by atoms with van der Waals surface area (Å²) in [5.41, 5.74) is 2.99. The maximum atomic E-state index is 13.6. The molecule has 0 bridgehead atoms. The Labute approximate surface area is 107 Å². The van der Waals surface area contributed by atoms with Gasteiger partial charge in [-0.25, -0.2) is 9.18 Å². The van der Waals surface area contributed by atoms with Crippen LogP contribution in [0.1, 0.15) is 12.5 Å². The number of carbonyl (C=O) groups excluding carboxylic acids is 1. The Morgan fingerprint density at radius 1 is 1.65 bits per heavy atom. The van der Waals surface area contributed by atoms with E-state index in [1.807, 2.05) is 0 Å². The number of carbonyl (C=O) groups is 1. The van der Waals surface area contributed by atoms with Crippen LogP contribution in [0.4, 0.5) is 4.39 Å². The highest BCUT2D eigenvalue weighted by atomic mass is 79.9. The second-order valence-corrected chi connectivity index (χ2v) is 4.32.